The van der Waals surface area contributed by atoms with E-state index in [0.717, 1.165) is 50.3 Å². The maximum Gasteiger partial charge on any atom is 0.147 e. The van der Waals surface area contributed by atoms with Crippen LogP contribution in [0.1, 0.15) is 25.3 Å². The number of oxime groups is 1. The zero-order valence-corrected chi connectivity index (χ0v) is 12.7. The van der Waals surface area contributed by atoms with Crippen molar-refractivity contribution in [3.05, 3.63) is 29.6 Å². The highest BCUT2D eigenvalue weighted by atomic mass is 19.1. The monoisotopic (exact) mass is 291 g/mol. The van der Waals surface area contributed by atoms with Gasteiger partial charge in [0.05, 0.1) is 11.4 Å². The van der Waals surface area contributed by atoms with Gasteiger partial charge in [0.25, 0.3) is 0 Å². The van der Waals surface area contributed by atoms with E-state index in [-0.39, 0.29) is 11.9 Å². The van der Waals surface area contributed by atoms with Crippen LogP contribution in [0.4, 0.5) is 10.1 Å². The molecule has 0 spiro atoms. The van der Waals surface area contributed by atoms with Crippen molar-refractivity contribution in [2.24, 2.45) is 5.16 Å². The van der Waals surface area contributed by atoms with Gasteiger partial charge in [-0.1, -0.05) is 18.1 Å². The second kappa shape index (κ2) is 6.02. The highest BCUT2D eigenvalue weighted by molar-refractivity contribution is 6.01. The highest BCUT2D eigenvalue weighted by Crippen LogP contribution is 2.25. The minimum atomic E-state index is -0.167. The van der Waals surface area contributed by atoms with Crippen LogP contribution in [-0.4, -0.2) is 49.9 Å². The van der Waals surface area contributed by atoms with Crippen LogP contribution in [0, 0.1) is 5.82 Å². The number of piperazine rings is 1. The van der Waals surface area contributed by atoms with Gasteiger partial charge in [-0.25, -0.2) is 4.39 Å². The molecule has 0 N–H and O–H groups in total. The zero-order valence-electron chi connectivity index (χ0n) is 12.7. The maximum atomic E-state index is 14.4. The van der Waals surface area contributed by atoms with Crippen molar-refractivity contribution < 1.29 is 9.23 Å². The van der Waals surface area contributed by atoms with Crippen molar-refractivity contribution >= 4 is 11.4 Å². The first kappa shape index (κ1) is 14.3. The minimum absolute atomic E-state index is 0.139. The molecule has 1 unspecified atom stereocenters. The molecule has 3 rings (SSSR count). The van der Waals surface area contributed by atoms with Crippen molar-refractivity contribution in [2.45, 2.75) is 25.9 Å². The van der Waals surface area contributed by atoms with Gasteiger partial charge in [0, 0.05) is 38.2 Å². The molecule has 114 valence electrons. The summed E-state index contributed by atoms with van der Waals surface area (Å²) in [6.07, 6.45) is 1.83. The van der Waals surface area contributed by atoms with Crippen molar-refractivity contribution in [1.29, 1.82) is 0 Å². The fourth-order valence-corrected chi connectivity index (χ4v) is 2.81. The molecular weight excluding hydrogens is 269 g/mol. The summed E-state index contributed by atoms with van der Waals surface area (Å²) < 4.78 is 14.4. The van der Waals surface area contributed by atoms with E-state index in [1.165, 1.54) is 0 Å². The predicted octanol–water partition coefficient (Wildman–Crippen LogP) is 2.48. The molecule has 1 fully saturated rings. The number of likely N-dealkylation sites (N-methyl/N-ethyl adjacent to an activating group) is 1. The molecular formula is C16H22FN3O. The minimum Gasteiger partial charge on any atom is -0.392 e. The molecule has 1 aromatic carbocycles. The first-order valence-electron chi connectivity index (χ1n) is 7.63. The fourth-order valence-electron chi connectivity index (χ4n) is 2.81. The quantitative estimate of drug-likeness (QED) is 0.856. The van der Waals surface area contributed by atoms with Crippen LogP contribution in [0.15, 0.2) is 23.4 Å². The molecule has 1 atom stereocenters. The molecule has 0 amide bonds. The summed E-state index contributed by atoms with van der Waals surface area (Å²) in [5, 5.41) is 4.08. The predicted molar refractivity (Wildman–Crippen MR) is 82.4 cm³/mol. The lowest BCUT2D eigenvalue weighted by Gasteiger charge is -2.34. The van der Waals surface area contributed by atoms with E-state index in [1.807, 2.05) is 12.1 Å². The van der Waals surface area contributed by atoms with Crippen molar-refractivity contribution in [2.75, 3.05) is 38.1 Å². The summed E-state index contributed by atoms with van der Waals surface area (Å²) in [6, 6.07) is 5.42. The summed E-state index contributed by atoms with van der Waals surface area (Å²) >= 11 is 0. The average Bonchev–Trinajstić information content (AvgIpc) is 2.97. The lowest BCUT2D eigenvalue weighted by atomic mass is 10.0. The summed E-state index contributed by atoms with van der Waals surface area (Å²) in [5.74, 6) is -0.167. The van der Waals surface area contributed by atoms with Crippen molar-refractivity contribution in [3.63, 3.8) is 0 Å². The Morgan fingerprint density at radius 3 is 2.67 bits per heavy atom. The first-order chi connectivity index (χ1) is 10.2. The number of hydrogen-bond donors (Lipinski definition) is 0. The smallest absolute Gasteiger partial charge is 0.147 e. The highest BCUT2D eigenvalue weighted by Gasteiger charge is 2.22. The topological polar surface area (TPSA) is 28.1 Å². The third-order valence-electron chi connectivity index (χ3n) is 4.31. The molecule has 2 aliphatic rings. The van der Waals surface area contributed by atoms with Gasteiger partial charge in [-0.2, -0.15) is 0 Å². The Labute approximate surface area is 125 Å². The summed E-state index contributed by atoms with van der Waals surface area (Å²) in [5.41, 5.74) is 2.38. The molecule has 0 aromatic heterocycles. The molecule has 5 heteroatoms. The molecule has 2 aliphatic heterocycles. The zero-order chi connectivity index (χ0) is 14.8. The number of benzene rings is 1. The van der Waals surface area contributed by atoms with Crippen LogP contribution in [-0.2, 0) is 4.84 Å². The Kier molecular flexibility index (Phi) is 4.10. The van der Waals surface area contributed by atoms with E-state index < -0.39 is 0 Å². The van der Waals surface area contributed by atoms with Gasteiger partial charge in [-0.05, 0) is 25.6 Å². The molecule has 0 aliphatic carbocycles. The van der Waals surface area contributed by atoms with Crippen LogP contribution in [0.2, 0.25) is 0 Å². The van der Waals surface area contributed by atoms with E-state index in [0.29, 0.717) is 5.69 Å². The molecule has 0 bridgehead atoms. The molecule has 1 aromatic rings. The average molecular weight is 291 g/mol. The standard InChI is InChI=1S/C16H22FN3O/c1-3-13-11-15(18-21-13)12-4-5-16(14(17)10-12)20-8-6-19(2)7-9-20/h4-5,10,13H,3,6-9,11H2,1-2H3. The van der Waals surface area contributed by atoms with Crippen LogP contribution in [0.3, 0.4) is 0 Å². The molecule has 4 nitrogen and oxygen atoms in total. The number of rotatable bonds is 3. The van der Waals surface area contributed by atoms with Crippen LogP contribution < -0.4 is 4.90 Å². The number of hydrogen-bond acceptors (Lipinski definition) is 4. The molecule has 0 radical (unpaired) electrons. The first-order valence-corrected chi connectivity index (χ1v) is 7.63. The number of nitrogens with zero attached hydrogens (tertiary/aromatic N) is 3. The molecule has 21 heavy (non-hydrogen) atoms. The molecule has 2 heterocycles. The number of anilines is 1. The Hall–Kier alpha value is -1.62. The SMILES string of the molecule is CCC1CC(c2ccc(N3CCN(C)CC3)c(F)c2)=NO1. The fraction of sp³-hybridized carbons (Fsp3) is 0.562. The van der Waals surface area contributed by atoms with E-state index in [4.69, 9.17) is 4.84 Å². The van der Waals surface area contributed by atoms with E-state index in [1.54, 1.807) is 6.07 Å². The second-order valence-electron chi connectivity index (χ2n) is 5.83. The van der Waals surface area contributed by atoms with Gasteiger partial charge >= 0.3 is 0 Å². The Balaban J connectivity index is 1.74. The molecule has 0 saturated carbocycles. The summed E-state index contributed by atoms with van der Waals surface area (Å²) in [7, 11) is 2.10. The number of halogens is 1. The Bertz CT molecular complexity index is 538. The third kappa shape index (κ3) is 3.02. The van der Waals surface area contributed by atoms with Gasteiger partial charge in [-0.15, -0.1) is 0 Å². The largest absolute Gasteiger partial charge is 0.392 e. The van der Waals surface area contributed by atoms with Gasteiger partial charge in [-0.3, -0.25) is 0 Å². The van der Waals surface area contributed by atoms with Crippen LogP contribution in [0.25, 0.3) is 0 Å². The second-order valence-corrected chi connectivity index (χ2v) is 5.83. The van der Waals surface area contributed by atoms with Gasteiger partial charge in [0.15, 0.2) is 0 Å². The van der Waals surface area contributed by atoms with Crippen molar-refractivity contribution in [1.82, 2.24) is 4.90 Å². The van der Waals surface area contributed by atoms with Gasteiger partial charge < -0.3 is 14.6 Å². The lowest BCUT2D eigenvalue weighted by molar-refractivity contribution is 0.0829. The summed E-state index contributed by atoms with van der Waals surface area (Å²) in [4.78, 5) is 9.69. The van der Waals surface area contributed by atoms with E-state index in [9.17, 15) is 4.39 Å². The third-order valence-corrected chi connectivity index (χ3v) is 4.31. The van der Waals surface area contributed by atoms with E-state index in [2.05, 4.69) is 28.9 Å². The molecule has 1 saturated heterocycles. The maximum absolute atomic E-state index is 14.4. The Morgan fingerprint density at radius 1 is 1.29 bits per heavy atom. The Morgan fingerprint density at radius 2 is 2.05 bits per heavy atom. The normalized spacial score (nSPS) is 23.1. The summed E-state index contributed by atoms with van der Waals surface area (Å²) in [6.45, 7) is 5.75. The van der Waals surface area contributed by atoms with Crippen molar-refractivity contribution in [3.8, 4) is 0 Å². The van der Waals surface area contributed by atoms with Crippen LogP contribution >= 0.6 is 0 Å². The van der Waals surface area contributed by atoms with Gasteiger partial charge in [0.1, 0.15) is 11.9 Å². The van der Waals surface area contributed by atoms with E-state index >= 15 is 0 Å². The lowest BCUT2D eigenvalue weighted by Crippen LogP contribution is -2.44. The van der Waals surface area contributed by atoms with Crippen LogP contribution in [0.5, 0.6) is 0 Å². The van der Waals surface area contributed by atoms with Gasteiger partial charge in [0.2, 0.25) is 0 Å².